The fourth-order valence-corrected chi connectivity index (χ4v) is 0.442. The van der Waals surface area contributed by atoms with Gasteiger partial charge in [0.15, 0.2) is 0 Å². The van der Waals surface area contributed by atoms with E-state index >= 15 is 0 Å². The number of aliphatic hydroxyl groups excluding tert-OH is 1. The van der Waals surface area contributed by atoms with Gasteiger partial charge < -0.3 is 16.2 Å². The summed E-state index contributed by atoms with van der Waals surface area (Å²) in [6.07, 6.45) is 3.13. The number of hydrogen-bond acceptors (Lipinski definition) is 3. The van der Waals surface area contributed by atoms with Gasteiger partial charge in [0.05, 0.1) is 12.8 Å². The zero-order valence-corrected chi connectivity index (χ0v) is 5.71. The maximum absolute atomic E-state index is 10.5. The lowest BCUT2D eigenvalue weighted by Crippen LogP contribution is -2.30. The van der Waals surface area contributed by atoms with Crippen molar-refractivity contribution in [2.75, 3.05) is 13.1 Å². The summed E-state index contributed by atoms with van der Waals surface area (Å²) in [5.41, 5.74) is 5.01. The summed E-state index contributed by atoms with van der Waals surface area (Å²) in [6, 6.07) is 0. The van der Waals surface area contributed by atoms with E-state index in [1.54, 1.807) is 6.08 Å². The average Bonchev–Trinajstić information content (AvgIpc) is 1.98. The first kappa shape index (κ1) is 8.97. The first-order chi connectivity index (χ1) is 4.81. The van der Waals surface area contributed by atoms with Crippen molar-refractivity contribution in [3.8, 4) is 0 Å². The highest BCUT2D eigenvalue weighted by Crippen LogP contribution is 1.76. The summed E-state index contributed by atoms with van der Waals surface area (Å²) in [6.45, 7) is 0.538. The molecule has 0 fully saturated rings. The van der Waals surface area contributed by atoms with Crippen LogP contribution in [0.1, 0.15) is 6.42 Å². The number of carbonyl (C=O) groups is 1. The maximum atomic E-state index is 10.5. The van der Waals surface area contributed by atoms with Crippen LogP contribution in [-0.2, 0) is 4.79 Å². The third-order valence-corrected chi connectivity index (χ3v) is 0.924. The van der Waals surface area contributed by atoms with E-state index < -0.39 is 0 Å². The lowest BCUT2D eigenvalue weighted by atomic mass is 10.4. The van der Waals surface area contributed by atoms with E-state index in [0.29, 0.717) is 13.0 Å². The molecule has 58 valence electrons. The van der Waals surface area contributed by atoms with Gasteiger partial charge in [-0.05, 0) is 12.5 Å². The van der Waals surface area contributed by atoms with Crippen molar-refractivity contribution >= 4 is 5.91 Å². The van der Waals surface area contributed by atoms with Gasteiger partial charge in [0.25, 0.3) is 0 Å². The Morgan fingerprint density at radius 2 is 2.40 bits per heavy atom. The molecule has 0 radical (unpaired) electrons. The highest BCUT2D eigenvalue weighted by Gasteiger charge is 1.91. The molecule has 0 aliphatic carbocycles. The van der Waals surface area contributed by atoms with E-state index in [4.69, 9.17) is 10.8 Å². The second-order valence-electron chi connectivity index (χ2n) is 1.73. The van der Waals surface area contributed by atoms with Crippen LogP contribution in [0.15, 0.2) is 12.3 Å². The molecule has 1 amide bonds. The number of rotatable bonds is 4. The van der Waals surface area contributed by atoms with Crippen LogP contribution in [0.2, 0.25) is 0 Å². The monoisotopic (exact) mass is 144 g/mol. The molecule has 0 aliphatic heterocycles. The van der Waals surface area contributed by atoms with Crippen LogP contribution in [0.25, 0.3) is 0 Å². The Labute approximate surface area is 59.7 Å². The van der Waals surface area contributed by atoms with Gasteiger partial charge in [-0.25, -0.2) is 0 Å². The fraction of sp³-hybridized carbons (Fsp3) is 0.500. The first-order valence-electron chi connectivity index (χ1n) is 3.07. The standard InChI is InChI=1S/C6H12N2O2/c7-5-6(10)8-3-1-2-4-9/h2,4,9H,1,3,5,7H2,(H,8,10)/b4-2+. The Hall–Kier alpha value is -1.03. The van der Waals surface area contributed by atoms with E-state index in [9.17, 15) is 4.79 Å². The van der Waals surface area contributed by atoms with Gasteiger partial charge in [-0.3, -0.25) is 4.79 Å². The largest absolute Gasteiger partial charge is 0.516 e. The van der Waals surface area contributed by atoms with Crippen molar-refractivity contribution < 1.29 is 9.90 Å². The highest BCUT2D eigenvalue weighted by molar-refractivity contribution is 5.77. The van der Waals surface area contributed by atoms with E-state index in [1.165, 1.54) is 0 Å². The Bertz CT molecular complexity index is 123. The van der Waals surface area contributed by atoms with Gasteiger partial charge in [0, 0.05) is 6.54 Å². The van der Waals surface area contributed by atoms with E-state index in [0.717, 1.165) is 6.26 Å². The average molecular weight is 144 g/mol. The second kappa shape index (κ2) is 6.10. The Kier molecular flexibility index (Phi) is 5.47. The number of nitrogens with two attached hydrogens (primary N) is 1. The van der Waals surface area contributed by atoms with Crippen molar-refractivity contribution in [2.24, 2.45) is 5.73 Å². The molecule has 0 saturated heterocycles. The van der Waals surface area contributed by atoms with Gasteiger partial charge >= 0.3 is 0 Å². The molecule has 0 heterocycles. The third-order valence-electron chi connectivity index (χ3n) is 0.924. The molecule has 10 heavy (non-hydrogen) atoms. The van der Waals surface area contributed by atoms with Crippen LogP contribution in [0.4, 0.5) is 0 Å². The van der Waals surface area contributed by atoms with Crippen molar-refractivity contribution in [1.29, 1.82) is 0 Å². The predicted molar refractivity (Wildman–Crippen MR) is 38.4 cm³/mol. The molecule has 4 heteroatoms. The molecule has 0 aromatic heterocycles. The van der Waals surface area contributed by atoms with E-state index in [-0.39, 0.29) is 12.5 Å². The van der Waals surface area contributed by atoms with Crippen LogP contribution in [-0.4, -0.2) is 24.1 Å². The molecule has 0 unspecified atom stereocenters. The second-order valence-corrected chi connectivity index (χ2v) is 1.73. The quantitative estimate of drug-likeness (QED) is 0.368. The molecule has 0 saturated carbocycles. The molecule has 0 atom stereocenters. The van der Waals surface area contributed by atoms with Crippen LogP contribution in [0, 0.1) is 0 Å². The minimum Gasteiger partial charge on any atom is -0.516 e. The fourth-order valence-electron chi connectivity index (χ4n) is 0.442. The third kappa shape index (κ3) is 5.11. The Morgan fingerprint density at radius 3 is 2.90 bits per heavy atom. The molecule has 0 aliphatic rings. The number of nitrogens with one attached hydrogen (secondary N) is 1. The van der Waals surface area contributed by atoms with Crippen LogP contribution in [0.5, 0.6) is 0 Å². The summed E-state index contributed by atoms with van der Waals surface area (Å²) in [4.78, 5) is 10.5. The number of amides is 1. The molecule has 4 nitrogen and oxygen atoms in total. The molecule has 0 aromatic carbocycles. The SMILES string of the molecule is NCC(=O)NCC/C=C/O. The van der Waals surface area contributed by atoms with Gasteiger partial charge in [-0.2, -0.15) is 0 Å². The minimum absolute atomic E-state index is 0.0167. The van der Waals surface area contributed by atoms with E-state index in [1.807, 2.05) is 0 Å². The number of hydrogen-bond donors (Lipinski definition) is 3. The maximum Gasteiger partial charge on any atom is 0.233 e. The zero-order valence-electron chi connectivity index (χ0n) is 5.71. The van der Waals surface area contributed by atoms with Crippen LogP contribution < -0.4 is 11.1 Å². The van der Waals surface area contributed by atoms with Crippen molar-refractivity contribution in [1.82, 2.24) is 5.32 Å². The highest BCUT2D eigenvalue weighted by atomic mass is 16.2. The molecule has 4 N–H and O–H groups in total. The van der Waals surface area contributed by atoms with Gasteiger partial charge in [0.1, 0.15) is 0 Å². The van der Waals surface area contributed by atoms with Crippen LogP contribution in [0.3, 0.4) is 0 Å². The topological polar surface area (TPSA) is 75.4 Å². The lowest BCUT2D eigenvalue weighted by molar-refractivity contribution is -0.119. The molecule has 0 rings (SSSR count). The Balaban J connectivity index is 3.11. The molecule has 0 bridgehead atoms. The van der Waals surface area contributed by atoms with Gasteiger partial charge in [-0.15, -0.1) is 0 Å². The summed E-state index contributed by atoms with van der Waals surface area (Å²) in [7, 11) is 0. The summed E-state index contributed by atoms with van der Waals surface area (Å²) < 4.78 is 0. The minimum atomic E-state index is -0.175. The van der Waals surface area contributed by atoms with Gasteiger partial charge in [-0.1, -0.05) is 0 Å². The summed E-state index contributed by atoms with van der Waals surface area (Å²) in [5, 5.41) is 10.7. The predicted octanol–water partition coefficient (Wildman–Crippen LogP) is -0.477. The molecule has 0 spiro atoms. The first-order valence-corrected chi connectivity index (χ1v) is 3.07. The smallest absolute Gasteiger partial charge is 0.233 e. The van der Waals surface area contributed by atoms with Crippen molar-refractivity contribution in [3.05, 3.63) is 12.3 Å². The zero-order chi connectivity index (χ0) is 7.82. The van der Waals surface area contributed by atoms with E-state index in [2.05, 4.69) is 5.32 Å². The Morgan fingerprint density at radius 1 is 1.70 bits per heavy atom. The van der Waals surface area contributed by atoms with Crippen molar-refractivity contribution in [2.45, 2.75) is 6.42 Å². The molecular weight excluding hydrogens is 132 g/mol. The van der Waals surface area contributed by atoms with Crippen molar-refractivity contribution in [3.63, 3.8) is 0 Å². The number of aliphatic hydroxyl groups is 1. The number of carbonyl (C=O) groups excluding carboxylic acids is 1. The lowest BCUT2D eigenvalue weighted by Gasteiger charge is -1.98. The molecule has 0 aromatic rings. The van der Waals surface area contributed by atoms with Gasteiger partial charge in [0.2, 0.25) is 5.91 Å². The normalized spacial score (nSPS) is 10.1. The summed E-state index contributed by atoms with van der Waals surface area (Å²) in [5.74, 6) is -0.175. The summed E-state index contributed by atoms with van der Waals surface area (Å²) >= 11 is 0. The van der Waals surface area contributed by atoms with Crippen LogP contribution >= 0.6 is 0 Å². The molecular formula is C6H12N2O2.